The number of hydrogen-bond acceptors (Lipinski definition) is 3. The van der Waals surface area contributed by atoms with Gasteiger partial charge in [-0.25, -0.2) is 4.68 Å². The highest BCUT2D eigenvalue weighted by Crippen LogP contribution is 2.12. The zero-order valence-electron chi connectivity index (χ0n) is 8.11. The Balaban J connectivity index is 2.28. The predicted molar refractivity (Wildman–Crippen MR) is 55.6 cm³/mol. The Morgan fingerprint density at radius 2 is 1.93 bits per heavy atom. The summed E-state index contributed by atoms with van der Waals surface area (Å²) in [5.74, 6) is 0. The van der Waals surface area contributed by atoms with Gasteiger partial charge in [-0.2, -0.15) is 5.10 Å². The second kappa shape index (κ2) is 4.25. The fourth-order valence-corrected chi connectivity index (χ4v) is 1.33. The minimum atomic E-state index is -0.907. The molecule has 78 valence electrons. The molecule has 0 radical (unpaired) electrons. The molecule has 0 aliphatic carbocycles. The zero-order valence-corrected chi connectivity index (χ0v) is 8.11. The van der Waals surface area contributed by atoms with Crippen molar-refractivity contribution in [3.63, 3.8) is 0 Å². The molecule has 2 rings (SSSR count). The summed E-state index contributed by atoms with van der Waals surface area (Å²) in [5, 5.41) is 22.3. The van der Waals surface area contributed by atoms with Crippen molar-refractivity contribution in [1.82, 2.24) is 9.78 Å². The molecule has 0 spiro atoms. The highest BCUT2D eigenvalue weighted by Gasteiger charge is 2.09. The van der Waals surface area contributed by atoms with E-state index in [9.17, 15) is 5.11 Å². The van der Waals surface area contributed by atoms with Crippen molar-refractivity contribution in [3.05, 3.63) is 48.3 Å². The van der Waals surface area contributed by atoms with Crippen LogP contribution in [0.4, 0.5) is 0 Å². The Labute approximate surface area is 87.4 Å². The molecule has 1 atom stereocenters. The van der Waals surface area contributed by atoms with E-state index in [-0.39, 0.29) is 6.61 Å². The monoisotopic (exact) mass is 204 g/mol. The zero-order chi connectivity index (χ0) is 10.7. The lowest BCUT2D eigenvalue weighted by Crippen LogP contribution is -2.04. The van der Waals surface area contributed by atoms with Crippen molar-refractivity contribution in [1.29, 1.82) is 0 Å². The maximum Gasteiger partial charge on any atom is 0.121 e. The number of rotatable bonds is 3. The van der Waals surface area contributed by atoms with Crippen molar-refractivity contribution < 1.29 is 10.2 Å². The van der Waals surface area contributed by atoms with Crippen LogP contribution in [0.3, 0.4) is 0 Å². The van der Waals surface area contributed by atoms with Gasteiger partial charge in [0.25, 0.3) is 0 Å². The summed E-state index contributed by atoms with van der Waals surface area (Å²) in [6.07, 6.45) is 0.846. The Morgan fingerprint density at radius 1 is 1.20 bits per heavy atom. The first kappa shape index (κ1) is 9.89. The average Bonchev–Trinajstić information content (AvgIpc) is 2.78. The molecule has 1 unspecified atom stereocenters. The van der Waals surface area contributed by atoms with E-state index in [0.717, 1.165) is 5.69 Å². The second-order valence-electron chi connectivity index (χ2n) is 3.22. The average molecular weight is 204 g/mol. The molecule has 0 aliphatic heterocycles. The summed E-state index contributed by atoms with van der Waals surface area (Å²) >= 11 is 0. The van der Waals surface area contributed by atoms with Gasteiger partial charge in [-0.05, 0) is 18.2 Å². The van der Waals surface area contributed by atoms with Crippen LogP contribution in [-0.4, -0.2) is 26.6 Å². The van der Waals surface area contributed by atoms with Gasteiger partial charge < -0.3 is 10.2 Å². The van der Waals surface area contributed by atoms with E-state index in [2.05, 4.69) is 5.10 Å². The lowest BCUT2D eigenvalue weighted by Gasteiger charge is -2.02. The summed E-state index contributed by atoms with van der Waals surface area (Å²) in [6, 6.07) is 11.3. The van der Waals surface area contributed by atoms with Gasteiger partial charge in [-0.1, -0.05) is 18.2 Å². The SMILES string of the molecule is OCC(O)c1ccn(-c2ccccc2)n1. The van der Waals surface area contributed by atoms with Crippen LogP contribution in [0.25, 0.3) is 5.69 Å². The predicted octanol–water partition coefficient (Wildman–Crippen LogP) is 0.898. The van der Waals surface area contributed by atoms with Crippen LogP contribution < -0.4 is 0 Å². The smallest absolute Gasteiger partial charge is 0.121 e. The topological polar surface area (TPSA) is 58.3 Å². The normalized spacial score (nSPS) is 12.7. The van der Waals surface area contributed by atoms with Gasteiger partial charge >= 0.3 is 0 Å². The second-order valence-corrected chi connectivity index (χ2v) is 3.22. The van der Waals surface area contributed by atoms with Gasteiger partial charge in [0, 0.05) is 6.20 Å². The Bertz CT molecular complexity index is 425. The van der Waals surface area contributed by atoms with Crippen LogP contribution in [0.1, 0.15) is 11.8 Å². The molecule has 2 N–H and O–H groups in total. The number of hydrogen-bond donors (Lipinski definition) is 2. The third-order valence-electron chi connectivity index (χ3n) is 2.14. The largest absolute Gasteiger partial charge is 0.393 e. The minimum Gasteiger partial charge on any atom is -0.393 e. The van der Waals surface area contributed by atoms with E-state index in [1.807, 2.05) is 30.3 Å². The van der Waals surface area contributed by atoms with E-state index >= 15 is 0 Å². The van der Waals surface area contributed by atoms with Crippen LogP contribution in [0.2, 0.25) is 0 Å². The molecule has 0 aliphatic rings. The van der Waals surface area contributed by atoms with Gasteiger partial charge in [-0.15, -0.1) is 0 Å². The van der Waals surface area contributed by atoms with E-state index in [4.69, 9.17) is 5.11 Å². The number of aliphatic hydroxyl groups excluding tert-OH is 2. The van der Waals surface area contributed by atoms with Gasteiger partial charge in [0.05, 0.1) is 18.0 Å². The first-order valence-electron chi connectivity index (χ1n) is 4.71. The Kier molecular flexibility index (Phi) is 2.80. The number of nitrogens with zero attached hydrogens (tertiary/aromatic N) is 2. The first-order chi connectivity index (χ1) is 7.31. The Hall–Kier alpha value is -1.65. The van der Waals surface area contributed by atoms with Crippen LogP contribution in [-0.2, 0) is 0 Å². The van der Waals surface area contributed by atoms with Gasteiger partial charge in [0.2, 0.25) is 0 Å². The molecular formula is C11H12N2O2. The third-order valence-corrected chi connectivity index (χ3v) is 2.14. The lowest BCUT2D eigenvalue weighted by molar-refractivity contribution is 0.0919. The number of para-hydroxylation sites is 1. The third kappa shape index (κ3) is 2.06. The Morgan fingerprint density at radius 3 is 2.60 bits per heavy atom. The maximum atomic E-state index is 9.36. The summed E-state index contributed by atoms with van der Waals surface area (Å²) in [6.45, 7) is -0.314. The molecule has 1 aromatic heterocycles. The lowest BCUT2D eigenvalue weighted by atomic mass is 10.3. The van der Waals surface area contributed by atoms with Crippen molar-refractivity contribution in [2.75, 3.05) is 6.61 Å². The van der Waals surface area contributed by atoms with Crippen LogP contribution in [0.15, 0.2) is 42.6 Å². The van der Waals surface area contributed by atoms with Crippen molar-refractivity contribution >= 4 is 0 Å². The van der Waals surface area contributed by atoms with E-state index in [1.54, 1.807) is 16.9 Å². The van der Waals surface area contributed by atoms with E-state index in [1.165, 1.54) is 0 Å². The summed E-state index contributed by atoms with van der Waals surface area (Å²) in [5.41, 5.74) is 1.40. The molecule has 15 heavy (non-hydrogen) atoms. The molecule has 0 saturated carbocycles. The maximum absolute atomic E-state index is 9.36. The highest BCUT2D eigenvalue weighted by atomic mass is 16.3. The van der Waals surface area contributed by atoms with Crippen molar-refractivity contribution in [3.8, 4) is 5.69 Å². The number of benzene rings is 1. The van der Waals surface area contributed by atoms with Crippen LogP contribution in [0, 0.1) is 0 Å². The number of aromatic nitrogens is 2. The highest BCUT2D eigenvalue weighted by molar-refractivity contribution is 5.30. The van der Waals surface area contributed by atoms with Gasteiger partial charge in [-0.3, -0.25) is 0 Å². The molecule has 1 aromatic carbocycles. The minimum absolute atomic E-state index is 0.314. The van der Waals surface area contributed by atoms with Gasteiger partial charge in [0.1, 0.15) is 6.10 Å². The molecule has 0 fully saturated rings. The molecule has 0 saturated heterocycles. The summed E-state index contributed by atoms with van der Waals surface area (Å²) in [7, 11) is 0. The number of aliphatic hydroxyl groups is 2. The summed E-state index contributed by atoms with van der Waals surface area (Å²) < 4.78 is 1.66. The standard InChI is InChI=1S/C11H12N2O2/c14-8-11(15)10-6-7-13(12-10)9-4-2-1-3-5-9/h1-7,11,14-15H,8H2. The molecule has 0 amide bonds. The van der Waals surface area contributed by atoms with Crippen LogP contribution in [0.5, 0.6) is 0 Å². The van der Waals surface area contributed by atoms with Crippen LogP contribution >= 0.6 is 0 Å². The van der Waals surface area contributed by atoms with Crippen molar-refractivity contribution in [2.24, 2.45) is 0 Å². The fraction of sp³-hybridized carbons (Fsp3) is 0.182. The fourth-order valence-electron chi connectivity index (χ4n) is 1.33. The van der Waals surface area contributed by atoms with Crippen molar-refractivity contribution in [2.45, 2.75) is 6.10 Å². The quantitative estimate of drug-likeness (QED) is 0.780. The summed E-state index contributed by atoms with van der Waals surface area (Å²) in [4.78, 5) is 0. The van der Waals surface area contributed by atoms with Gasteiger partial charge in [0.15, 0.2) is 0 Å². The molecular weight excluding hydrogens is 192 g/mol. The molecule has 4 heteroatoms. The molecule has 2 aromatic rings. The first-order valence-corrected chi connectivity index (χ1v) is 4.71. The van der Waals surface area contributed by atoms with E-state index in [0.29, 0.717) is 5.69 Å². The van der Waals surface area contributed by atoms with E-state index < -0.39 is 6.10 Å². The molecule has 0 bridgehead atoms. The molecule has 4 nitrogen and oxygen atoms in total. The molecule has 1 heterocycles.